The topological polar surface area (TPSA) is 63.1 Å². The minimum Gasteiger partial charge on any atom is -0.347 e. The summed E-state index contributed by atoms with van der Waals surface area (Å²) in [6.07, 6.45) is 0. The molecule has 140 valence electrons. The average molecular weight is 363 g/mol. The number of hydrogen-bond acceptors (Lipinski definition) is 4. The van der Waals surface area contributed by atoms with Crippen molar-refractivity contribution in [1.29, 1.82) is 0 Å². The number of amides is 1. The van der Waals surface area contributed by atoms with E-state index < -0.39 is 0 Å². The third-order valence-corrected chi connectivity index (χ3v) is 4.14. The maximum absolute atomic E-state index is 12.6. The van der Waals surface area contributed by atoms with Gasteiger partial charge in [-0.05, 0) is 25.0 Å². The molecule has 0 radical (unpaired) electrons. The van der Waals surface area contributed by atoms with Gasteiger partial charge in [-0.2, -0.15) is 0 Å². The van der Waals surface area contributed by atoms with E-state index in [4.69, 9.17) is 0 Å². The number of benzene rings is 2. The molecule has 6 heteroatoms. The lowest BCUT2D eigenvalue weighted by Gasteiger charge is -2.20. The van der Waals surface area contributed by atoms with Crippen molar-refractivity contribution in [3.63, 3.8) is 0 Å². The highest BCUT2D eigenvalue weighted by molar-refractivity contribution is 5.91. The van der Waals surface area contributed by atoms with Gasteiger partial charge in [-0.15, -0.1) is 10.2 Å². The van der Waals surface area contributed by atoms with E-state index in [1.165, 1.54) is 5.56 Å². The van der Waals surface area contributed by atoms with E-state index in [1.54, 1.807) is 0 Å². The molecule has 0 atom stereocenters. The third-order valence-electron chi connectivity index (χ3n) is 4.14. The molecule has 27 heavy (non-hydrogen) atoms. The van der Waals surface area contributed by atoms with Crippen LogP contribution >= 0.6 is 0 Å². The second-order valence-corrected chi connectivity index (χ2v) is 6.87. The predicted molar refractivity (Wildman–Crippen MR) is 107 cm³/mol. The Kier molecular flexibility index (Phi) is 5.86. The van der Waals surface area contributed by atoms with Crippen LogP contribution in [0.15, 0.2) is 60.7 Å². The van der Waals surface area contributed by atoms with Crippen molar-refractivity contribution >= 4 is 11.9 Å². The van der Waals surface area contributed by atoms with Crippen molar-refractivity contribution in [1.82, 2.24) is 20.1 Å². The van der Waals surface area contributed by atoms with E-state index in [0.717, 1.165) is 5.56 Å². The molecule has 1 N–H and O–H groups in total. The van der Waals surface area contributed by atoms with E-state index in [9.17, 15) is 4.79 Å². The van der Waals surface area contributed by atoms with Crippen LogP contribution < -0.4 is 10.2 Å². The lowest BCUT2D eigenvalue weighted by atomic mass is 10.2. The summed E-state index contributed by atoms with van der Waals surface area (Å²) in [7, 11) is 1.96. The molecule has 3 rings (SSSR count). The van der Waals surface area contributed by atoms with Crippen LogP contribution in [-0.4, -0.2) is 33.8 Å². The number of carbonyl (C=O) groups excluding carboxylic acids is 1. The van der Waals surface area contributed by atoms with Crippen molar-refractivity contribution < 1.29 is 4.79 Å². The highest BCUT2D eigenvalue weighted by Gasteiger charge is 2.21. The highest BCUT2D eigenvalue weighted by Crippen LogP contribution is 2.17. The van der Waals surface area contributed by atoms with Gasteiger partial charge < -0.3 is 10.2 Å². The summed E-state index contributed by atoms with van der Waals surface area (Å²) < 4.78 is 1.87. The van der Waals surface area contributed by atoms with Crippen LogP contribution in [0, 0.1) is 0 Å². The number of aromatic nitrogens is 3. The average Bonchev–Trinajstić information content (AvgIpc) is 3.06. The first-order valence-electron chi connectivity index (χ1n) is 9.07. The standard InChI is InChI=1S/C21H25N5O/c1-16(2)22-20(27)19-23-24-21(25(3)14-17-10-6-4-7-11-17)26(19)15-18-12-8-5-9-13-18/h4-13,16H,14-15H2,1-3H3,(H,22,27). The summed E-state index contributed by atoms with van der Waals surface area (Å²) in [6.45, 7) is 5.07. The Balaban J connectivity index is 1.92. The van der Waals surface area contributed by atoms with Crippen molar-refractivity contribution in [2.45, 2.75) is 33.0 Å². The van der Waals surface area contributed by atoms with E-state index in [0.29, 0.717) is 24.9 Å². The Morgan fingerprint density at radius 2 is 1.59 bits per heavy atom. The smallest absolute Gasteiger partial charge is 0.289 e. The molecule has 0 aliphatic carbocycles. The lowest BCUT2D eigenvalue weighted by molar-refractivity contribution is 0.0928. The molecule has 0 bridgehead atoms. The first kappa shape index (κ1) is 18.6. The molecule has 0 aliphatic heterocycles. The van der Waals surface area contributed by atoms with Crippen LogP contribution in [0.1, 0.15) is 35.6 Å². The SMILES string of the molecule is CC(C)NC(=O)c1nnc(N(C)Cc2ccccc2)n1Cc1ccccc1. The summed E-state index contributed by atoms with van der Waals surface area (Å²) in [5, 5.41) is 11.4. The molecule has 0 spiro atoms. The van der Waals surface area contributed by atoms with Gasteiger partial charge in [0.15, 0.2) is 0 Å². The number of nitrogens with one attached hydrogen (secondary N) is 1. The largest absolute Gasteiger partial charge is 0.347 e. The summed E-state index contributed by atoms with van der Waals surface area (Å²) in [5.74, 6) is 0.770. The summed E-state index contributed by atoms with van der Waals surface area (Å²) >= 11 is 0. The number of hydrogen-bond donors (Lipinski definition) is 1. The molecule has 1 aromatic heterocycles. The maximum Gasteiger partial charge on any atom is 0.289 e. The number of rotatable bonds is 7. The van der Waals surface area contributed by atoms with E-state index >= 15 is 0 Å². The Bertz CT molecular complexity index is 874. The summed E-state index contributed by atoms with van der Waals surface area (Å²) in [5.41, 5.74) is 2.26. The second-order valence-electron chi connectivity index (χ2n) is 6.87. The molecule has 1 heterocycles. The van der Waals surface area contributed by atoms with Crippen LogP contribution in [-0.2, 0) is 13.1 Å². The normalized spacial score (nSPS) is 10.8. The number of carbonyl (C=O) groups is 1. The van der Waals surface area contributed by atoms with Gasteiger partial charge in [-0.25, -0.2) is 0 Å². The molecule has 0 unspecified atom stereocenters. The fourth-order valence-electron chi connectivity index (χ4n) is 2.91. The quantitative estimate of drug-likeness (QED) is 0.701. The minimum atomic E-state index is -0.215. The van der Waals surface area contributed by atoms with Crippen molar-refractivity contribution in [3.8, 4) is 0 Å². The van der Waals surface area contributed by atoms with Gasteiger partial charge in [-0.1, -0.05) is 60.7 Å². The van der Waals surface area contributed by atoms with Crippen molar-refractivity contribution in [2.75, 3.05) is 11.9 Å². The first-order valence-corrected chi connectivity index (χ1v) is 9.07. The molecule has 0 saturated heterocycles. The van der Waals surface area contributed by atoms with Gasteiger partial charge in [0.05, 0.1) is 6.54 Å². The van der Waals surface area contributed by atoms with Gasteiger partial charge in [0, 0.05) is 19.6 Å². The molecular weight excluding hydrogens is 338 g/mol. The minimum absolute atomic E-state index is 0.0323. The van der Waals surface area contributed by atoms with Gasteiger partial charge in [0.25, 0.3) is 5.91 Å². The van der Waals surface area contributed by atoms with Crippen LogP contribution in [0.5, 0.6) is 0 Å². The van der Waals surface area contributed by atoms with Crippen LogP contribution in [0.3, 0.4) is 0 Å². The van der Waals surface area contributed by atoms with E-state index in [-0.39, 0.29) is 11.9 Å². The zero-order valence-corrected chi connectivity index (χ0v) is 16.0. The van der Waals surface area contributed by atoms with Gasteiger partial charge >= 0.3 is 0 Å². The molecule has 0 fully saturated rings. The Morgan fingerprint density at radius 1 is 1.00 bits per heavy atom. The molecule has 0 aliphatic rings. The lowest BCUT2D eigenvalue weighted by Crippen LogP contribution is -2.33. The fourth-order valence-corrected chi connectivity index (χ4v) is 2.91. The third kappa shape index (κ3) is 4.73. The monoisotopic (exact) mass is 363 g/mol. The summed E-state index contributed by atoms with van der Waals surface area (Å²) in [4.78, 5) is 14.6. The molecular formula is C21H25N5O. The van der Waals surface area contributed by atoms with Crippen LogP contribution in [0.25, 0.3) is 0 Å². The zero-order valence-electron chi connectivity index (χ0n) is 16.0. The van der Waals surface area contributed by atoms with Gasteiger partial charge in [0.1, 0.15) is 0 Å². The molecule has 2 aromatic carbocycles. The fraction of sp³-hybridized carbons (Fsp3) is 0.286. The first-order chi connectivity index (χ1) is 13.0. The maximum atomic E-state index is 12.6. The number of anilines is 1. The van der Waals surface area contributed by atoms with Crippen LogP contribution in [0.2, 0.25) is 0 Å². The number of nitrogens with zero attached hydrogens (tertiary/aromatic N) is 4. The molecule has 1 amide bonds. The van der Waals surface area contributed by atoms with E-state index in [2.05, 4.69) is 27.6 Å². The van der Waals surface area contributed by atoms with Crippen molar-refractivity contribution in [2.24, 2.45) is 0 Å². The predicted octanol–water partition coefficient (Wildman–Crippen LogP) is 3.10. The Hall–Kier alpha value is -3.15. The molecule has 0 saturated carbocycles. The molecule has 3 aromatic rings. The molecule has 6 nitrogen and oxygen atoms in total. The Labute approximate surface area is 159 Å². The zero-order chi connectivity index (χ0) is 19.2. The van der Waals surface area contributed by atoms with Gasteiger partial charge in [0.2, 0.25) is 11.8 Å². The van der Waals surface area contributed by atoms with Crippen LogP contribution in [0.4, 0.5) is 5.95 Å². The van der Waals surface area contributed by atoms with Crippen molar-refractivity contribution in [3.05, 3.63) is 77.6 Å². The summed E-state index contributed by atoms with van der Waals surface area (Å²) in [6, 6.07) is 20.2. The van der Waals surface area contributed by atoms with E-state index in [1.807, 2.05) is 78.9 Å². The highest BCUT2D eigenvalue weighted by atomic mass is 16.2. The Morgan fingerprint density at radius 3 is 2.19 bits per heavy atom. The van der Waals surface area contributed by atoms with Gasteiger partial charge in [-0.3, -0.25) is 9.36 Å². The second kappa shape index (κ2) is 8.49.